The fourth-order valence-electron chi connectivity index (χ4n) is 14.7. The van der Waals surface area contributed by atoms with Gasteiger partial charge in [-0.2, -0.15) is 0 Å². The molecule has 14 aromatic rings. The van der Waals surface area contributed by atoms with Crippen molar-refractivity contribution >= 4 is 90.0 Å². The van der Waals surface area contributed by atoms with Gasteiger partial charge in [0.25, 0.3) is 0 Å². The largest absolute Gasteiger partial charge is 0.181 e. The highest BCUT2D eigenvalue weighted by molar-refractivity contribution is 7.23. The maximum absolute atomic E-state index is 2.93. The second kappa shape index (κ2) is 18.5. The lowest BCUT2D eigenvalue weighted by Crippen LogP contribution is -2.73. The Morgan fingerprint density at radius 2 is 0.525 bits per heavy atom. The quantitative estimate of drug-likeness (QED) is 0.105. The maximum atomic E-state index is 2.59. The van der Waals surface area contributed by atoms with Crippen molar-refractivity contribution in [3.05, 3.63) is 315 Å². The molecule has 0 nitrogen and oxygen atoms in total. The first-order chi connectivity index (χ1) is 39.7. The molecule has 0 N–H and O–H groups in total. The van der Waals surface area contributed by atoms with E-state index < -0.39 is 16.1 Å². The predicted molar refractivity (Wildman–Crippen MR) is 346 cm³/mol. The molecule has 0 radical (unpaired) electrons. The van der Waals surface area contributed by atoms with Crippen LogP contribution < -0.4 is 41.5 Å². The minimum Gasteiger partial charge on any atom is -0.0623 e. The van der Waals surface area contributed by atoms with Crippen LogP contribution in [0.4, 0.5) is 0 Å². The van der Waals surface area contributed by atoms with Gasteiger partial charge in [-0.3, -0.25) is 0 Å². The zero-order valence-corrected chi connectivity index (χ0v) is 46.0. The highest BCUT2D eigenvalue weighted by atomic mass is 28.3. The smallest absolute Gasteiger partial charge is 0.0623 e. The fraction of sp³-hybridized carbons (Fsp3) is 0. The summed E-state index contributed by atoms with van der Waals surface area (Å²) in [7, 11) is -5.86. The third kappa shape index (κ3) is 6.67. The Balaban J connectivity index is 1.06. The third-order valence-corrected chi connectivity index (χ3v) is 27.7. The van der Waals surface area contributed by atoms with Crippen LogP contribution in [0.15, 0.2) is 315 Å². The molecule has 14 aromatic carbocycles. The standard InChI is InChI=1S/C78H52Si2/c1-6-26-53(27-7-1)71-51-55(50-54-28-16-17-37-60(54)71)76-65-42-22-40-61(67-44-24-46-69-63-38-18-20-48-74(63)79(77(67)69,56-29-8-2-9-30-56)57-31-10-3-11-32-57)72(65)52-73-62(41-23-43-66(73)76)68-45-25-47-70-64-39-19-21-49-75(64)80(78(68)70,58-33-12-4-13-34-58)59-35-14-5-15-36-59/h1-52H. The first-order valence-corrected chi connectivity index (χ1v) is 32.0. The third-order valence-electron chi connectivity index (χ3n) is 17.8. The van der Waals surface area contributed by atoms with Crippen LogP contribution in [0.25, 0.3) is 99.1 Å². The van der Waals surface area contributed by atoms with Gasteiger partial charge in [0.15, 0.2) is 16.1 Å². The Morgan fingerprint density at radius 3 is 0.988 bits per heavy atom. The molecule has 2 heterocycles. The summed E-state index contributed by atoms with van der Waals surface area (Å²) in [4.78, 5) is 0. The number of benzene rings is 14. The van der Waals surface area contributed by atoms with Crippen molar-refractivity contribution in [2.24, 2.45) is 0 Å². The molecule has 0 atom stereocenters. The van der Waals surface area contributed by atoms with E-state index in [0.717, 1.165) is 0 Å². The zero-order valence-electron chi connectivity index (χ0n) is 44.0. The summed E-state index contributed by atoms with van der Waals surface area (Å²) < 4.78 is 0. The van der Waals surface area contributed by atoms with Crippen LogP contribution in [0.1, 0.15) is 0 Å². The lowest BCUT2D eigenvalue weighted by Gasteiger charge is -2.33. The number of hydrogen-bond acceptors (Lipinski definition) is 0. The van der Waals surface area contributed by atoms with Gasteiger partial charge in [-0.05, 0) is 159 Å². The van der Waals surface area contributed by atoms with Gasteiger partial charge in [0.05, 0.1) is 0 Å². The van der Waals surface area contributed by atoms with Crippen molar-refractivity contribution < 1.29 is 0 Å². The van der Waals surface area contributed by atoms with Gasteiger partial charge in [0.2, 0.25) is 0 Å². The van der Waals surface area contributed by atoms with Crippen LogP contribution in [0, 0.1) is 0 Å². The lowest BCUT2D eigenvalue weighted by molar-refractivity contribution is 1.63. The Bertz CT molecular complexity index is 4420. The molecule has 2 heteroatoms. The molecule has 0 aromatic heterocycles. The summed E-state index contributed by atoms with van der Waals surface area (Å²) in [5.41, 5.74) is 15.3. The molecule has 2 aliphatic heterocycles. The van der Waals surface area contributed by atoms with E-state index in [4.69, 9.17) is 0 Å². The van der Waals surface area contributed by atoms with Crippen LogP contribution in [-0.2, 0) is 0 Å². The van der Waals surface area contributed by atoms with Crippen LogP contribution in [-0.4, -0.2) is 16.1 Å². The Labute approximate surface area is 469 Å². The molecule has 0 fully saturated rings. The molecule has 0 saturated carbocycles. The van der Waals surface area contributed by atoms with E-state index in [1.165, 1.54) is 141 Å². The van der Waals surface area contributed by atoms with Crippen LogP contribution >= 0.6 is 0 Å². The SMILES string of the molecule is c1ccc(-c2cc(-c3c4cccc(-c5cccc6c5[Si](c5ccccc5)(c5ccccc5)c5ccccc5-6)c4cc4c(-c5cccc6c5[Si](c5ccccc5)(c5ccccc5)c5ccccc5-6)cccc34)cc3ccccc23)cc1. The topological polar surface area (TPSA) is 0 Å². The van der Waals surface area contributed by atoms with Gasteiger partial charge in [-0.25, -0.2) is 0 Å². The Morgan fingerprint density at radius 1 is 0.188 bits per heavy atom. The minimum atomic E-state index is -2.93. The van der Waals surface area contributed by atoms with E-state index in [2.05, 4.69) is 315 Å². The van der Waals surface area contributed by atoms with Crippen molar-refractivity contribution in [2.75, 3.05) is 0 Å². The molecule has 0 aliphatic carbocycles. The molecular weight excluding hydrogens is 993 g/mol. The van der Waals surface area contributed by atoms with Gasteiger partial charge >= 0.3 is 0 Å². The first-order valence-electron chi connectivity index (χ1n) is 28.0. The van der Waals surface area contributed by atoms with Crippen LogP contribution in [0.3, 0.4) is 0 Å². The summed E-state index contributed by atoms with van der Waals surface area (Å²) in [6.45, 7) is 0. The molecule has 80 heavy (non-hydrogen) atoms. The van der Waals surface area contributed by atoms with E-state index in [1.54, 1.807) is 0 Å². The fourth-order valence-corrected chi connectivity index (χ4v) is 25.5. The summed E-state index contributed by atoms with van der Waals surface area (Å²) in [6, 6.07) is 120. The molecule has 0 bridgehead atoms. The van der Waals surface area contributed by atoms with E-state index in [9.17, 15) is 0 Å². The monoisotopic (exact) mass is 1040 g/mol. The van der Waals surface area contributed by atoms with Gasteiger partial charge < -0.3 is 0 Å². The van der Waals surface area contributed by atoms with E-state index in [-0.39, 0.29) is 0 Å². The van der Waals surface area contributed by atoms with Gasteiger partial charge in [0.1, 0.15) is 0 Å². The minimum absolute atomic E-state index is 1.21. The highest BCUT2D eigenvalue weighted by Crippen LogP contribution is 2.47. The zero-order chi connectivity index (χ0) is 52.8. The molecule has 372 valence electrons. The summed E-state index contributed by atoms with van der Waals surface area (Å²) in [5, 5.41) is 18.8. The highest BCUT2D eigenvalue weighted by Gasteiger charge is 2.51. The normalized spacial score (nSPS) is 13.4. The Kier molecular flexibility index (Phi) is 10.7. The molecule has 0 saturated heterocycles. The van der Waals surface area contributed by atoms with E-state index in [1.807, 2.05) is 0 Å². The second-order valence-corrected chi connectivity index (χ2v) is 29.1. The number of hydrogen-bond donors (Lipinski definition) is 0. The molecule has 0 amide bonds. The second-order valence-electron chi connectivity index (χ2n) is 21.7. The van der Waals surface area contributed by atoms with Crippen LogP contribution in [0.2, 0.25) is 0 Å². The average Bonchev–Trinajstić information content (AvgIpc) is 3.27. The van der Waals surface area contributed by atoms with Crippen LogP contribution in [0.5, 0.6) is 0 Å². The molecule has 16 rings (SSSR count). The van der Waals surface area contributed by atoms with E-state index in [0.29, 0.717) is 0 Å². The molecule has 0 unspecified atom stereocenters. The molecule has 2 aliphatic rings. The molecule has 0 spiro atoms. The summed E-state index contributed by atoms with van der Waals surface area (Å²) in [5.74, 6) is 0. The lowest BCUT2D eigenvalue weighted by atomic mass is 9.84. The van der Waals surface area contributed by atoms with Gasteiger partial charge in [-0.15, -0.1) is 0 Å². The van der Waals surface area contributed by atoms with Crippen molar-refractivity contribution in [1.29, 1.82) is 0 Å². The Hall–Kier alpha value is -9.71. The number of rotatable bonds is 8. The molecular formula is C78H52Si2. The van der Waals surface area contributed by atoms with Gasteiger partial charge in [-0.1, -0.05) is 297 Å². The van der Waals surface area contributed by atoms with Gasteiger partial charge in [0, 0.05) is 0 Å². The average molecular weight is 1050 g/mol. The number of fused-ring (bicyclic) bond motifs is 9. The predicted octanol–water partition coefficient (Wildman–Crippen LogP) is 14.5. The van der Waals surface area contributed by atoms with Crippen molar-refractivity contribution in [1.82, 2.24) is 0 Å². The first kappa shape index (κ1) is 46.4. The van der Waals surface area contributed by atoms with Crippen molar-refractivity contribution in [3.8, 4) is 66.8 Å². The summed E-state index contributed by atoms with van der Waals surface area (Å²) >= 11 is 0. The van der Waals surface area contributed by atoms with E-state index >= 15 is 0 Å². The van der Waals surface area contributed by atoms with Crippen molar-refractivity contribution in [2.45, 2.75) is 0 Å². The van der Waals surface area contributed by atoms with Crippen molar-refractivity contribution in [3.63, 3.8) is 0 Å². The summed E-state index contributed by atoms with van der Waals surface area (Å²) in [6.07, 6.45) is 0. The maximum Gasteiger partial charge on any atom is 0.181 e.